The topological polar surface area (TPSA) is 46.5 Å². The first-order chi connectivity index (χ1) is 21.4. The van der Waals surface area contributed by atoms with Crippen LogP contribution in [0.3, 0.4) is 0 Å². The van der Waals surface area contributed by atoms with Crippen molar-refractivity contribution in [2.45, 2.75) is 130 Å². The molecule has 0 amide bonds. The first kappa shape index (κ1) is 34.5. The van der Waals surface area contributed by atoms with E-state index in [-0.39, 0.29) is 18.5 Å². The van der Waals surface area contributed by atoms with Crippen molar-refractivity contribution >= 4 is 5.97 Å². The summed E-state index contributed by atoms with van der Waals surface area (Å²) in [5.74, 6) is 2.87. The highest BCUT2D eigenvalue weighted by molar-refractivity contribution is 5.87. The molecule has 242 valence electrons. The van der Waals surface area contributed by atoms with Crippen LogP contribution in [0.5, 0.6) is 0 Å². The normalized spacial score (nSPS) is 23.4. The molecule has 2 saturated carbocycles. The molecule has 2 aliphatic carbocycles. The maximum Gasteiger partial charge on any atom is 0.333 e. The lowest BCUT2D eigenvalue weighted by Crippen LogP contribution is -2.27. The SMILES string of the molecule is C/C=C(/C)C(=O)OCC(CO)CC1CCC(C2CCC(c3ccc(-c4ccc(CCCCC)c(C)c4)c(CC)c3)CC2)CC1. The summed E-state index contributed by atoms with van der Waals surface area (Å²) in [6.45, 7) is 10.9. The van der Waals surface area contributed by atoms with Gasteiger partial charge in [0.2, 0.25) is 0 Å². The number of carbonyl (C=O) groups excluding carboxylic acids is 1. The zero-order valence-electron chi connectivity index (χ0n) is 28.5. The second-order valence-electron chi connectivity index (χ2n) is 14.1. The van der Waals surface area contributed by atoms with Gasteiger partial charge in [0, 0.05) is 18.1 Å². The van der Waals surface area contributed by atoms with Gasteiger partial charge in [0.1, 0.15) is 0 Å². The average Bonchev–Trinajstić information content (AvgIpc) is 3.07. The number of aryl methyl sites for hydroxylation is 3. The third-order valence-corrected chi connectivity index (χ3v) is 11.1. The largest absolute Gasteiger partial charge is 0.462 e. The molecule has 0 spiro atoms. The fraction of sp³-hybridized carbons (Fsp3) is 0.634. The second-order valence-corrected chi connectivity index (χ2v) is 14.1. The van der Waals surface area contributed by atoms with E-state index in [4.69, 9.17) is 4.74 Å². The summed E-state index contributed by atoms with van der Waals surface area (Å²) in [5, 5.41) is 9.89. The molecule has 2 aromatic carbocycles. The number of allylic oxidation sites excluding steroid dienone is 1. The number of esters is 1. The number of rotatable bonds is 14. The number of benzene rings is 2. The van der Waals surface area contributed by atoms with Gasteiger partial charge < -0.3 is 9.84 Å². The Morgan fingerprint density at radius 1 is 0.932 bits per heavy atom. The fourth-order valence-corrected chi connectivity index (χ4v) is 8.06. The van der Waals surface area contributed by atoms with E-state index < -0.39 is 0 Å². The van der Waals surface area contributed by atoms with Crippen molar-refractivity contribution in [2.75, 3.05) is 13.2 Å². The molecule has 1 N–H and O–H groups in total. The van der Waals surface area contributed by atoms with E-state index in [2.05, 4.69) is 57.2 Å². The molecular formula is C41H60O3. The molecule has 3 heteroatoms. The standard InChI is InChI=1S/C41H60O3/c1-6-9-10-11-34-16-21-39(24-30(34)5)40-23-22-38(26-33(40)8-3)37-19-17-36(18-20-37)35-14-12-31(13-15-35)25-32(27-42)28-44-41(43)29(4)7-2/h7,16,21-24,26,31-32,35-37,42H,6,8-15,17-20,25,27-28H2,1-5H3/b29-7-. The van der Waals surface area contributed by atoms with Gasteiger partial charge in [-0.3, -0.25) is 0 Å². The monoisotopic (exact) mass is 600 g/mol. The zero-order chi connectivity index (χ0) is 31.5. The maximum absolute atomic E-state index is 12.0. The van der Waals surface area contributed by atoms with Crippen molar-refractivity contribution in [3.05, 3.63) is 70.3 Å². The third kappa shape index (κ3) is 9.32. The van der Waals surface area contributed by atoms with Crippen LogP contribution in [-0.2, 0) is 22.4 Å². The highest BCUT2D eigenvalue weighted by Crippen LogP contribution is 2.45. The van der Waals surface area contributed by atoms with Crippen LogP contribution >= 0.6 is 0 Å². The van der Waals surface area contributed by atoms with Gasteiger partial charge in [0.15, 0.2) is 0 Å². The van der Waals surface area contributed by atoms with Gasteiger partial charge in [-0.05, 0) is 142 Å². The molecule has 44 heavy (non-hydrogen) atoms. The van der Waals surface area contributed by atoms with Crippen molar-refractivity contribution in [3.8, 4) is 11.1 Å². The van der Waals surface area contributed by atoms with E-state index in [1.54, 1.807) is 18.6 Å². The predicted octanol–water partition coefficient (Wildman–Crippen LogP) is 10.5. The van der Waals surface area contributed by atoms with Gasteiger partial charge >= 0.3 is 5.97 Å². The minimum atomic E-state index is -0.259. The Morgan fingerprint density at radius 2 is 1.64 bits per heavy atom. The van der Waals surface area contributed by atoms with Gasteiger partial charge in [-0.2, -0.15) is 0 Å². The molecule has 2 aromatic rings. The summed E-state index contributed by atoms with van der Waals surface area (Å²) in [4.78, 5) is 12.0. The van der Waals surface area contributed by atoms with Crippen LogP contribution in [0.4, 0.5) is 0 Å². The van der Waals surface area contributed by atoms with E-state index in [9.17, 15) is 9.90 Å². The third-order valence-electron chi connectivity index (χ3n) is 11.1. The molecule has 2 aliphatic rings. The fourth-order valence-electron chi connectivity index (χ4n) is 8.06. The molecule has 0 aliphatic heterocycles. The van der Waals surface area contributed by atoms with E-state index in [1.807, 2.05) is 6.92 Å². The molecule has 0 bridgehead atoms. The molecule has 1 atom stereocenters. The van der Waals surface area contributed by atoms with Crippen LogP contribution in [0.1, 0.15) is 133 Å². The summed E-state index contributed by atoms with van der Waals surface area (Å²) in [7, 11) is 0. The van der Waals surface area contributed by atoms with Crippen LogP contribution in [0.2, 0.25) is 0 Å². The first-order valence-corrected chi connectivity index (χ1v) is 18.0. The first-order valence-electron chi connectivity index (χ1n) is 18.0. The minimum absolute atomic E-state index is 0.0546. The molecule has 2 fully saturated rings. The van der Waals surface area contributed by atoms with Gasteiger partial charge in [-0.1, -0.05) is 82.0 Å². The summed E-state index contributed by atoms with van der Waals surface area (Å²) in [5.41, 5.74) is 9.42. The van der Waals surface area contributed by atoms with Gasteiger partial charge in [0.25, 0.3) is 0 Å². The number of aliphatic hydroxyl groups is 1. The van der Waals surface area contributed by atoms with E-state index >= 15 is 0 Å². The highest BCUT2D eigenvalue weighted by atomic mass is 16.5. The van der Waals surface area contributed by atoms with Crippen LogP contribution in [0.15, 0.2) is 48.0 Å². The lowest BCUT2D eigenvalue weighted by Gasteiger charge is -2.38. The quantitative estimate of drug-likeness (QED) is 0.133. The summed E-state index contributed by atoms with van der Waals surface area (Å²) in [6, 6.07) is 14.5. The van der Waals surface area contributed by atoms with E-state index in [1.165, 1.54) is 105 Å². The molecule has 4 rings (SSSR count). The summed E-state index contributed by atoms with van der Waals surface area (Å²) in [6.07, 6.45) is 19.4. The van der Waals surface area contributed by atoms with Gasteiger partial charge in [-0.15, -0.1) is 0 Å². The number of aliphatic hydroxyl groups excluding tert-OH is 1. The van der Waals surface area contributed by atoms with Gasteiger partial charge in [0.05, 0.1) is 6.61 Å². The number of ether oxygens (including phenoxy) is 1. The van der Waals surface area contributed by atoms with Crippen molar-refractivity contribution in [1.29, 1.82) is 0 Å². The Hall–Kier alpha value is -2.39. The second kappa shape index (κ2) is 17.3. The maximum atomic E-state index is 12.0. The smallest absolute Gasteiger partial charge is 0.333 e. The zero-order valence-corrected chi connectivity index (χ0v) is 28.5. The molecular weight excluding hydrogens is 540 g/mol. The van der Waals surface area contributed by atoms with Crippen LogP contribution in [0.25, 0.3) is 11.1 Å². The van der Waals surface area contributed by atoms with Crippen molar-refractivity contribution in [3.63, 3.8) is 0 Å². The van der Waals surface area contributed by atoms with Crippen molar-refractivity contribution in [1.82, 2.24) is 0 Å². The van der Waals surface area contributed by atoms with Gasteiger partial charge in [-0.25, -0.2) is 4.79 Å². The molecule has 0 aromatic heterocycles. The Kier molecular flexibility index (Phi) is 13.6. The van der Waals surface area contributed by atoms with Crippen LogP contribution in [-0.4, -0.2) is 24.3 Å². The summed E-state index contributed by atoms with van der Waals surface area (Å²) < 4.78 is 5.45. The van der Waals surface area contributed by atoms with E-state index in [0.29, 0.717) is 24.0 Å². The van der Waals surface area contributed by atoms with E-state index in [0.717, 1.165) is 24.7 Å². The highest BCUT2D eigenvalue weighted by Gasteiger charge is 2.32. The van der Waals surface area contributed by atoms with Crippen LogP contribution < -0.4 is 0 Å². The Labute approximate surface area is 268 Å². The van der Waals surface area contributed by atoms with Crippen molar-refractivity contribution in [2.24, 2.45) is 23.7 Å². The molecule has 3 nitrogen and oxygen atoms in total. The lowest BCUT2D eigenvalue weighted by molar-refractivity contribution is -0.141. The number of unbranched alkanes of at least 4 members (excludes halogenated alkanes) is 2. The minimum Gasteiger partial charge on any atom is -0.462 e. The number of hydrogen-bond donors (Lipinski definition) is 1. The predicted molar refractivity (Wildman–Crippen MR) is 185 cm³/mol. The Balaban J connectivity index is 1.26. The van der Waals surface area contributed by atoms with Crippen molar-refractivity contribution < 1.29 is 14.6 Å². The molecule has 1 unspecified atom stereocenters. The summed E-state index contributed by atoms with van der Waals surface area (Å²) >= 11 is 0. The molecule has 0 saturated heterocycles. The number of carbonyl (C=O) groups is 1. The Bertz CT molecular complexity index is 1210. The Morgan fingerprint density at radius 3 is 2.25 bits per heavy atom. The van der Waals surface area contributed by atoms with Crippen LogP contribution in [0, 0.1) is 30.6 Å². The molecule has 0 radical (unpaired) electrons. The molecule has 0 heterocycles. The lowest BCUT2D eigenvalue weighted by atomic mass is 9.67. The average molecular weight is 601 g/mol. The number of hydrogen-bond acceptors (Lipinski definition) is 3.